The van der Waals surface area contributed by atoms with Crippen LogP contribution in [0.5, 0.6) is 0 Å². The summed E-state index contributed by atoms with van der Waals surface area (Å²) in [7, 11) is 0. The van der Waals surface area contributed by atoms with Crippen molar-refractivity contribution in [2.45, 2.75) is 85.8 Å². The molecule has 0 atom stereocenters. The minimum atomic E-state index is -4.51. The molecular formula is C43H42F6Zr. The van der Waals surface area contributed by atoms with Gasteiger partial charge in [0.25, 0.3) is 0 Å². The molecule has 2 aliphatic carbocycles. The molecule has 0 radical (unpaired) electrons. The summed E-state index contributed by atoms with van der Waals surface area (Å²) in [6.45, 7) is 17.5. The topological polar surface area (TPSA) is 0 Å². The summed E-state index contributed by atoms with van der Waals surface area (Å²) in [4.78, 5) is 0. The van der Waals surface area contributed by atoms with Gasteiger partial charge in [0.2, 0.25) is 0 Å². The third kappa shape index (κ3) is 6.84. The second-order valence-corrected chi connectivity index (χ2v) is 22.2. The normalized spacial score (nSPS) is 15.1. The molecule has 0 fully saturated rings. The van der Waals surface area contributed by atoms with E-state index in [0.29, 0.717) is 11.1 Å². The number of halogens is 6. The zero-order valence-corrected chi connectivity index (χ0v) is 32.1. The zero-order valence-electron chi connectivity index (χ0n) is 29.7. The summed E-state index contributed by atoms with van der Waals surface area (Å²) in [6.07, 6.45) is -0.651. The van der Waals surface area contributed by atoms with Crippen molar-refractivity contribution in [3.63, 3.8) is 0 Å². The van der Waals surface area contributed by atoms with Gasteiger partial charge in [-0.2, -0.15) is 0 Å². The van der Waals surface area contributed by atoms with Gasteiger partial charge in [0.15, 0.2) is 0 Å². The molecule has 260 valence electrons. The molecule has 4 aromatic carbocycles. The van der Waals surface area contributed by atoms with Crippen molar-refractivity contribution in [2.75, 3.05) is 0 Å². The van der Waals surface area contributed by atoms with E-state index in [1.807, 2.05) is 12.2 Å². The van der Waals surface area contributed by atoms with Crippen molar-refractivity contribution in [1.29, 1.82) is 0 Å². The van der Waals surface area contributed by atoms with Crippen LogP contribution in [0.15, 0.2) is 97.1 Å². The van der Waals surface area contributed by atoms with E-state index in [1.165, 1.54) is 68.8 Å². The van der Waals surface area contributed by atoms with Crippen LogP contribution in [0.25, 0.3) is 11.1 Å². The molecule has 0 spiro atoms. The fourth-order valence-corrected chi connectivity index (χ4v) is 17.1. The van der Waals surface area contributed by atoms with Gasteiger partial charge in [0, 0.05) is 0 Å². The fourth-order valence-electron chi connectivity index (χ4n) is 7.82. The molecule has 0 nitrogen and oxygen atoms in total. The van der Waals surface area contributed by atoms with E-state index >= 15 is 0 Å². The average Bonchev–Trinajstić information content (AvgIpc) is 3.64. The number of fused-ring (bicyclic) bond motifs is 3. The predicted molar refractivity (Wildman–Crippen MR) is 189 cm³/mol. The number of allylic oxidation sites excluding steroid dienone is 4. The van der Waals surface area contributed by atoms with Crippen LogP contribution in [0.2, 0.25) is 3.63 Å². The second-order valence-electron chi connectivity index (χ2n) is 15.7. The number of rotatable bonds is 4. The Morgan fingerprint density at radius 2 is 0.900 bits per heavy atom. The molecule has 0 amide bonds. The maximum absolute atomic E-state index is 13.8. The van der Waals surface area contributed by atoms with E-state index in [9.17, 15) is 26.3 Å². The Labute approximate surface area is 299 Å². The van der Waals surface area contributed by atoms with Crippen LogP contribution in [0.1, 0.15) is 101 Å². The van der Waals surface area contributed by atoms with E-state index in [0.717, 1.165) is 27.5 Å². The predicted octanol–water partition coefficient (Wildman–Crippen LogP) is 12.8. The summed E-state index contributed by atoms with van der Waals surface area (Å²) in [5.41, 5.74) is 9.13. The van der Waals surface area contributed by atoms with Crippen molar-refractivity contribution >= 4 is 3.21 Å². The summed E-state index contributed by atoms with van der Waals surface area (Å²) in [6, 6.07) is 19.7. The molecule has 7 heteroatoms. The zero-order chi connectivity index (χ0) is 36.6. The standard InChI is InChI=1S/C23H29.C15H8F6.C5H5.Zr/c1-14-9-16-11-17-10-15(2)21(23(6,7)8)13-19(17)18(16)12-20(14)22(3,4)5;16-14(17,18)12-5-1-10(2-6-12)9-11-3-7-13(8-4-11)15(19,20)21;1-2-4-5-3-1;/h9-13H,1-8H3;1-8H;1-5H;. The molecule has 0 bridgehead atoms. The molecule has 0 saturated heterocycles. The van der Waals surface area contributed by atoms with E-state index in [-0.39, 0.29) is 18.1 Å². The van der Waals surface area contributed by atoms with Crippen LogP contribution >= 0.6 is 0 Å². The Hall–Kier alpha value is -3.31. The van der Waals surface area contributed by atoms with Gasteiger partial charge in [-0.05, 0) is 0 Å². The third-order valence-corrected chi connectivity index (χ3v) is 18.6. The molecule has 0 heterocycles. The Morgan fingerprint density at radius 3 is 1.22 bits per heavy atom. The molecule has 4 aromatic rings. The van der Waals surface area contributed by atoms with Crippen LogP contribution in [0.4, 0.5) is 26.3 Å². The van der Waals surface area contributed by atoms with Gasteiger partial charge in [0.1, 0.15) is 0 Å². The summed E-state index contributed by atoms with van der Waals surface area (Å²) in [5, 5.41) is 0. The summed E-state index contributed by atoms with van der Waals surface area (Å²) >= 11 is -3.35. The molecule has 2 aliphatic rings. The molecule has 0 N–H and O–H groups in total. The Kier molecular flexibility index (Phi) is 9.28. The van der Waals surface area contributed by atoms with Crippen LogP contribution in [0.3, 0.4) is 0 Å². The SMILES string of the molecule is Cc1cc2c(cc1C(C)(C)C)-c1cc(C(C)(C)C)c(C)cc1[CH]2[Zr](=[C](c1ccc(C(F)(F)F)cc1)c1ccc(C(F)(F)F)cc1)[CH]1C=CC=C1. The molecule has 0 saturated carbocycles. The Morgan fingerprint density at radius 1 is 0.540 bits per heavy atom. The molecule has 6 rings (SSSR count). The second kappa shape index (κ2) is 12.7. The van der Waals surface area contributed by atoms with Crippen molar-refractivity contribution in [2.24, 2.45) is 0 Å². The van der Waals surface area contributed by atoms with Gasteiger partial charge in [-0.3, -0.25) is 0 Å². The first kappa shape index (κ1) is 36.5. The first-order chi connectivity index (χ1) is 23.2. The molecule has 0 unspecified atom stereocenters. The fraction of sp³-hybridized carbons (Fsp3) is 0.326. The van der Waals surface area contributed by atoms with Crippen LogP contribution in [0, 0.1) is 13.8 Å². The molecule has 50 heavy (non-hydrogen) atoms. The van der Waals surface area contributed by atoms with Crippen LogP contribution in [-0.2, 0) is 44.4 Å². The first-order valence-corrected chi connectivity index (χ1v) is 21.0. The van der Waals surface area contributed by atoms with E-state index in [2.05, 4.69) is 91.8 Å². The van der Waals surface area contributed by atoms with Crippen molar-refractivity contribution in [3.05, 3.63) is 153 Å². The van der Waals surface area contributed by atoms with E-state index in [4.69, 9.17) is 0 Å². The molecular weight excluding hydrogens is 722 g/mol. The van der Waals surface area contributed by atoms with Crippen LogP contribution in [-0.4, -0.2) is 3.21 Å². The number of hydrogen-bond acceptors (Lipinski definition) is 0. The number of hydrogen-bond donors (Lipinski definition) is 0. The maximum atomic E-state index is 13.8. The molecule has 0 aliphatic heterocycles. The van der Waals surface area contributed by atoms with Gasteiger partial charge in [-0.15, -0.1) is 0 Å². The van der Waals surface area contributed by atoms with E-state index in [1.54, 1.807) is 0 Å². The van der Waals surface area contributed by atoms with Gasteiger partial charge in [-0.25, -0.2) is 0 Å². The van der Waals surface area contributed by atoms with Crippen molar-refractivity contribution in [3.8, 4) is 11.1 Å². The van der Waals surface area contributed by atoms with E-state index < -0.39 is 44.7 Å². The van der Waals surface area contributed by atoms with Crippen molar-refractivity contribution in [1.82, 2.24) is 0 Å². The van der Waals surface area contributed by atoms with Crippen LogP contribution < -0.4 is 0 Å². The van der Waals surface area contributed by atoms with Gasteiger partial charge in [0.05, 0.1) is 0 Å². The van der Waals surface area contributed by atoms with Crippen molar-refractivity contribution < 1.29 is 47.6 Å². The first-order valence-electron chi connectivity index (χ1n) is 16.9. The summed E-state index contributed by atoms with van der Waals surface area (Å²) in [5.74, 6) is 0. The Bertz CT molecular complexity index is 1900. The number of benzene rings is 4. The monoisotopic (exact) mass is 762 g/mol. The summed E-state index contributed by atoms with van der Waals surface area (Å²) < 4.78 is 83.5. The van der Waals surface area contributed by atoms with Gasteiger partial charge < -0.3 is 0 Å². The van der Waals surface area contributed by atoms with Gasteiger partial charge in [-0.1, -0.05) is 0 Å². The van der Waals surface area contributed by atoms with Gasteiger partial charge >= 0.3 is 301 Å². The Balaban J connectivity index is 1.74. The third-order valence-electron chi connectivity index (χ3n) is 10.0. The minimum absolute atomic E-state index is 0.0194. The quantitative estimate of drug-likeness (QED) is 0.182. The number of aryl methyl sites for hydroxylation is 2. The number of alkyl halides is 6. The molecule has 0 aromatic heterocycles. The average molecular weight is 764 g/mol.